The molecule has 1 N–H and O–H groups in total. The van der Waals surface area contributed by atoms with Crippen LogP contribution in [-0.2, 0) is 16.1 Å². The van der Waals surface area contributed by atoms with Gasteiger partial charge in [0.2, 0.25) is 11.8 Å². The number of aromatic nitrogens is 2. The van der Waals surface area contributed by atoms with E-state index >= 15 is 0 Å². The highest BCUT2D eigenvalue weighted by Gasteiger charge is 2.37. The van der Waals surface area contributed by atoms with Crippen LogP contribution in [0.15, 0.2) is 102 Å². The van der Waals surface area contributed by atoms with Gasteiger partial charge in [0, 0.05) is 16.1 Å². The SMILES string of the molecule is Cc1ccc(-n2nc(-c3ccccc3)c3c2N(CC(=O)NCc2ccco2)C(=O)CSC3c2cccc(Cl)c2)cc1. The van der Waals surface area contributed by atoms with Crippen LogP contribution in [0.25, 0.3) is 16.9 Å². The molecule has 41 heavy (non-hydrogen) atoms. The molecule has 3 heterocycles. The molecule has 0 spiro atoms. The molecule has 0 bridgehead atoms. The van der Waals surface area contributed by atoms with Gasteiger partial charge in [0.1, 0.15) is 18.1 Å². The summed E-state index contributed by atoms with van der Waals surface area (Å²) in [4.78, 5) is 28.6. The number of fused-ring (bicyclic) bond motifs is 1. The Morgan fingerprint density at radius 2 is 1.85 bits per heavy atom. The summed E-state index contributed by atoms with van der Waals surface area (Å²) in [6.45, 7) is 2.09. The van der Waals surface area contributed by atoms with Gasteiger partial charge in [0.25, 0.3) is 0 Å². The number of rotatable bonds is 7. The van der Waals surface area contributed by atoms with E-state index in [-0.39, 0.29) is 35.9 Å². The molecule has 3 aromatic carbocycles. The van der Waals surface area contributed by atoms with Gasteiger partial charge < -0.3 is 9.73 Å². The van der Waals surface area contributed by atoms with Crippen molar-refractivity contribution in [2.24, 2.45) is 0 Å². The zero-order valence-electron chi connectivity index (χ0n) is 22.3. The third-order valence-electron chi connectivity index (χ3n) is 6.91. The van der Waals surface area contributed by atoms with Crippen LogP contribution in [0.5, 0.6) is 0 Å². The zero-order chi connectivity index (χ0) is 28.3. The lowest BCUT2D eigenvalue weighted by molar-refractivity contribution is -0.123. The maximum Gasteiger partial charge on any atom is 0.240 e. The maximum absolute atomic E-state index is 13.8. The molecule has 0 fully saturated rings. The molecule has 0 saturated heterocycles. The van der Waals surface area contributed by atoms with E-state index in [1.165, 1.54) is 11.8 Å². The van der Waals surface area contributed by atoms with Crippen molar-refractivity contribution in [2.75, 3.05) is 17.2 Å². The van der Waals surface area contributed by atoms with E-state index in [4.69, 9.17) is 21.1 Å². The Balaban J connectivity index is 1.53. The van der Waals surface area contributed by atoms with Crippen molar-refractivity contribution >= 4 is 41.0 Å². The molecule has 5 aromatic rings. The largest absolute Gasteiger partial charge is 0.467 e. The predicted molar refractivity (Wildman–Crippen MR) is 162 cm³/mol. The van der Waals surface area contributed by atoms with Crippen molar-refractivity contribution in [2.45, 2.75) is 18.7 Å². The fourth-order valence-corrected chi connectivity index (χ4v) is 6.31. The molecule has 0 saturated carbocycles. The Morgan fingerprint density at radius 3 is 2.59 bits per heavy atom. The van der Waals surface area contributed by atoms with E-state index in [0.717, 1.165) is 33.6 Å². The third kappa shape index (κ3) is 5.66. The number of carbonyl (C=O) groups excluding carboxylic acids is 2. The first-order valence-electron chi connectivity index (χ1n) is 13.2. The Kier molecular flexibility index (Phi) is 7.67. The van der Waals surface area contributed by atoms with Crippen molar-refractivity contribution in [3.05, 3.63) is 125 Å². The van der Waals surface area contributed by atoms with E-state index in [1.807, 2.05) is 85.8 Å². The number of hydrogen-bond acceptors (Lipinski definition) is 5. The minimum Gasteiger partial charge on any atom is -0.467 e. The number of hydrogen-bond donors (Lipinski definition) is 1. The van der Waals surface area contributed by atoms with Crippen molar-refractivity contribution in [1.82, 2.24) is 15.1 Å². The Labute approximate surface area is 247 Å². The van der Waals surface area contributed by atoms with E-state index in [9.17, 15) is 9.59 Å². The second kappa shape index (κ2) is 11.7. The van der Waals surface area contributed by atoms with Gasteiger partial charge in [-0.3, -0.25) is 14.5 Å². The van der Waals surface area contributed by atoms with Gasteiger partial charge in [-0.05, 0) is 48.9 Å². The third-order valence-corrected chi connectivity index (χ3v) is 8.40. The van der Waals surface area contributed by atoms with Crippen LogP contribution in [0.3, 0.4) is 0 Å². The number of furan rings is 1. The summed E-state index contributed by atoms with van der Waals surface area (Å²) >= 11 is 7.95. The number of amides is 2. The molecule has 6 rings (SSSR count). The van der Waals surface area contributed by atoms with Gasteiger partial charge in [-0.1, -0.05) is 71.8 Å². The molecule has 0 aliphatic carbocycles. The predicted octanol–water partition coefficient (Wildman–Crippen LogP) is 6.58. The smallest absolute Gasteiger partial charge is 0.240 e. The van der Waals surface area contributed by atoms with E-state index in [2.05, 4.69) is 5.32 Å². The summed E-state index contributed by atoms with van der Waals surface area (Å²) in [5.41, 5.74) is 5.37. The first-order chi connectivity index (χ1) is 20.0. The summed E-state index contributed by atoms with van der Waals surface area (Å²) in [6.07, 6.45) is 1.56. The van der Waals surface area contributed by atoms with Crippen LogP contribution >= 0.6 is 23.4 Å². The Hall–Kier alpha value is -4.27. The summed E-state index contributed by atoms with van der Waals surface area (Å²) in [6, 6.07) is 29.1. The quantitative estimate of drug-likeness (QED) is 0.234. The molecular formula is C32H27ClN4O3S. The van der Waals surface area contributed by atoms with Crippen molar-refractivity contribution in [1.29, 1.82) is 0 Å². The van der Waals surface area contributed by atoms with Crippen LogP contribution in [0.4, 0.5) is 5.82 Å². The standard InChI is InChI=1S/C32H27ClN4O3S/c1-21-12-14-25(15-13-21)37-32-29(30(35-37)22-7-3-2-4-8-22)31(23-9-5-10-24(33)17-23)41-20-28(39)36(32)19-27(38)34-18-26-11-6-16-40-26/h2-17,31H,18-20H2,1H3,(H,34,38). The molecule has 1 atom stereocenters. The lowest BCUT2D eigenvalue weighted by Crippen LogP contribution is -2.42. The van der Waals surface area contributed by atoms with Gasteiger partial charge in [0.15, 0.2) is 0 Å². The second-order valence-corrected chi connectivity index (χ2v) is 11.3. The fraction of sp³-hybridized carbons (Fsp3) is 0.156. The molecule has 2 amide bonds. The number of carbonyl (C=O) groups is 2. The molecule has 2 aromatic heterocycles. The number of benzene rings is 3. The van der Waals surface area contributed by atoms with Gasteiger partial charge in [-0.15, -0.1) is 11.8 Å². The molecule has 1 aliphatic heterocycles. The normalized spacial score (nSPS) is 14.9. The number of anilines is 1. The average Bonchev–Trinajstić information content (AvgIpc) is 3.62. The fourth-order valence-electron chi connectivity index (χ4n) is 4.93. The summed E-state index contributed by atoms with van der Waals surface area (Å²) in [5.74, 6) is 0.903. The molecule has 7 nitrogen and oxygen atoms in total. The van der Waals surface area contributed by atoms with Gasteiger partial charge in [-0.25, -0.2) is 4.68 Å². The lowest BCUT2D eigenvalue weighted by atomic mass is 9.99. The first kappa shape index (κ1) is 26.9. The lowest BCUT2D eigenvalue weighted by Gasteiger charge is -2.23. The number of halogens is 1. The minimum atomic E-state index is -0.301. The van der Waals surface area contributed by atoms with Crippen LogP contribution in [-0.4, -0.2) is 33.9 Å². The molecule has 0 radical (unpaired) electrons. The number of nitrogens with zero attached hydrogens (tertiary/aromatic N) is 3. The number of aryl methyl sites for hydroxylation is 1. The van der Waals surface area contributed by atoms with Crippen LogP contribution < -0.4 is 10.2 Å². The Morgan fingerprint density at radius 1 is 1.05 bits per heavy atom. The number of thioether (sulfide) groups is 1. The zero-order valence-corrected chi connectivity index (χ0v) is 23.9. The molecular weight excluding hydrogens is 556 g/mol. The number of nitrogens with one attached hydrogen (secondary N) is 1. The van der Waals surface area contributed by atoms with Crippen molar-refractivity contribution in [3.8, 4) is 16.9 Å². The van der Waals surface area contributed by atoms with Gasteiger partial charge >= 0.3 is 0 Å². The topological polar surface area (TPSA) is 80.4 Å². The van der Waals surface area contributed by atoms with Crippen LogP contribution in [0.1, 0.15) is 27.7 Å². The highest BCUT2D eigenvalue weighted by Crippen LogP contribution is 2.48. The molecule has 1 unspecified atom stereocenters. The highest BCUT2D eigenvalue weighted by atomic mass is 35.5. The van der Waals surface area contributed by atoms with E-state index in [1.54, 1.807) is 28.0 Å². The molecule has 206 valence electrons. The van der Waals surface area contributed by atoms with E-state index in [0.29, 0.717) is 16.6 Å². The Bertz CT molecular complexity index is 1680. The van der Waals surface area contributed by atoms with Crippen molar-refractivity contribution in [3.63, 3.8) is 0 Å². The van der Waals surface area contributed by atoms with E-state index < -0.39 is 0 Å². The van der Waals surface area contributed by atoms with Gasteiger partial charge in [0.05, 0.1) is 35.2 Å². The maximum atomic E-state index is 13.8. The van der Waals surface area contributed by atoms with Crippen LogP contribution in [0, 0.1) is 6.92 Å². The molecule has 9 heteroatoms. The summed E-state index contributed by atoms with van der Waals surface area (Å²) < 4.78 is 7.15. The van der Waals surface area contributed by atoms with Gasteiger partial charge in [-0.2, -0.15) is 5.10 Å². The van der Waals surface area contributed by atoms with Crippen molar-refractivity contribution < 1.29 is 14.0 Å². The second-order valence-electron chi connectivity index (χ2n) is 9.78. The summed E-state index contributed by atoms with van der Waals surface area (Å²) in [5, 5.41) is 8.35. The average molecular weight is 583 g/mol. The minimum absolute atomic E-state index is 0.166. The highest BCUT2D eigenvalue weighted by molar-refractivity contribution is 8.00. The molecule has 1 aliphatic rings. The summed E-state index contributed by atoms with van der Waals surface area (Å²) in [7, 11) is 0. The van der Waals surface area contributed by atoms with Crippen LogP contribution in [0.2, 0.25) is 5.02 Å². The monoisotopic (exact) mass is 582 g/mol. The first-order valence-corrected chi connectivity index (χ1v) is 14.6.